The van der Waals surface area contributed by atoms with E-state index in [0.29, 0.717) is 32.7 Å². The van der Waals surface area contributed by atoms with Crippen LogP contribution in [0.2, 0.25) is 25.7 Å². The summed E-state index contributed by atoms with van der Waals surface area (Å²) in [6, 6.07) is 5.41. The number of fused-ring (bicyclic) bond motifs is 1. The van der Waals surface area contributed by atoms with Crippen LogP contribution in [0.4, 0.5) is 0 Å². The highest BCUT2D eigenvalue weighted by Crippen LogP contribution is 2.34. The maximum atomic E-state index is 12.4. The molecular formula is C24H33N7O2SSi. The van der Waals surface area contributed by atoms with Crippen molar-refractivity contribution in [1.82, 2.24) is 29.2 Å². The van der Waals surface area contributed by atoms with E-state index >= 15 is 0 Å². The summed E-state index contributed by atoms with van der Waals surface area (Å²) in [6.07, 6.45) is 10.1. The first-order chi connectivity index (χ1) is 16.8. The zero-order chi connectivity index (χ0) is 25.1. The van der Waals surface area contributed by atoms with Crippen LogP contribution in [0.3, 0.4) is 0 Å². The minimum atomic E-state index is -1.13. The van der Waals surface area contributed by atoms with E-state index in [4.69, 9.17) is 4.74 Å². The number of carbonyl (C=O) groups excluding carboxylic acids is 1. The average Bonchev–Trinajstić information content (AvgIpc) is 3.44. The molecule has 4 heterocycles. The fourth-order valence-electron chi connectivity index (χ4n) is 4.26. The molecule has 3 aromatic heterocycles. The van der Waals surface area contributed by atoms with Gasteiger partial charge in [-0.1, -0.05) is 19.6 Å². The Labute approximate surface area is 211 Å². The Morgan fingerprint density at radius 3 is 2.83 bits per heavy atom. The van der Waals surface area contributed by atoms with E-state index in [1.165, 1.54) is 0 Å². The first-order valence-electron chi connectivity index (χ1n) is 11.8. The highest BCUT2D eigenvalue weighted by atomic mass is 32.2. The molecule has 0 aromatic carbocycles. The molecule has 35 heavy (non-hydrogen) atoms. The van der Waals surface area contributed by atoms with Crippen LogP contribution in [-0.2, 0) is 21.8 Å². The summed E-state index contributed by atoms with van der Waals surface area (Å²) in [6.45, 7) is 9.22. The van der Waals surface area contributed by atoms with Gasteiger partial charge >= 0.3 is 0 Å². The van der Waals surface area contributed by atoms with Crippen molar-refractivity contribution in [2.75, 3.05) is 31.7 Å². The third kappa shape index (κ3) is 5.60. The SMILES string of the molecule is CSCCC(=O)N1CC(CC#N)(n2cc(-c3ncnc4c3ccn4COCC[Si](C)(C)C)cn2)C1. The van der Waals surface area contributed by atoms with E-state index in [9.17, 15) is 10.1 Å². The van der Waals surface area contributed by atoms with Gasteiger partial charge in [0.05, 0.1) is 24.4 Å². The molecule has 0 N–H and O–H groups in total. The third-order valence-corrected chi connectivity index (χ3v) is 8.69. The van der Waals surface area contributed by atoms with E-state index < -0.39 is 13.6 Å². The molecule has 1 aliphatic rings. The van der Waals surface area contributed by atoms with Gasteiger partial charge in [-0.15, -0.1) is 0 Å². The maximum Gasteiger partial charge on any atom is 0.223 e. The van der Waals surface area contributed by atoms with E-state index in [2.05, 4.69) is 40.8 Å². The van der Waals surface area contributed by atoms with Crippen LogP contribution in [0.15, 0.2) is 31.0 Å². The number of likely N-dealkylation sites (tertiary alicyclic amines) is 1. The van der Waals surface area contributed by atoms with Gasteiger partial charge in [-0.25, -0.2) is 9.97 Å². The molecule has 4 rings (SSSR count). The Morgan fingerprint density at radius 2 is 2.11 bits per heavy atom. The van der Waals surface area contributed by atoms with Gasteiger partial charge in [0.15, 0.2) is 0 Å². The lowest BCUT2D eigenvalue weighted by molar-refractivity contribution is -0.142. The predicted octanol–water partition coefficient (Wildman–Crippen LogP) is 3.81. The Morgan fingerprint density at radius 1 is 1.31 bits per heavy atom. The smallest absolute Gasteiger partial charge is 0.223 e. The summed E-state index contributed by atoms with van der Waals surface area (Å²) in [5, 5.41) is 15.0. The van der Waals surface area contributed by atoms with Crippen molar-refractivity contribution in [3.63, 3.8) is 0 Å². The molecule has 1 amide bonds. The van der Waals surface area contributed by atoms with E-state index in [1.54, 1.807) is 24.3 Å². The highest BCUT2D eigenvalue weighted by molar-refractivity contribution is 7.98. The van der Waals surface area contributed by atoms with Crippen molar-refractivity contribution in [1.29, 1.82) is 5.26 Å². The van der Waals surface area contributed by atoms with Gasteiger partial charge in [0, 0.05) is 63.3 Å². The van der Waals surface area contributed by atoms with Crippen molar-refractivity contribution in [2.45, 2.75) is 50.8 Å². The molecule has 1 saturated heterocycles. The van der Waals surface area contributed by atoms with Crippen LogP contribution in [0.25, 0.3) is 22.3 Å². The first kappa shape index (κ1) is 25.4. The fraction of sp³-hybridized carbons (Fsp3) is 0.542. The highest BCUT2D eigenvalue weighted by Gasteiger charge is 2.47. The van der Waals surface area contributed by atoms with Gasteiger partial charge in [0.2, 0.25) is 5.91 Å². The number of hydrogen-bond donors (Lipinski definition) is 0. The van der Waals surface area contributed by atoms with Crippen LogP contribution in [0.5, 0.6) is 0 Å². The topological polar surface area (TPSA) is 102 Å². The zero-order valence-corrected chi connectivity index (χ0v) is 22.7. The minimum Gasteiger partial charge on any atom is -0.361 e. The second-order valence-corrected chi connectivity index (χ2v) is 16.9. The molecule has 0 saturated carbocycles. The van der Waals surface area contributed by atoms with Crippen LogP contribution < -0.4 is 0 Å². The molecule has 3 aromatic rings. The number of hydrogen-bond acceptors (Lipinski definition) is 7. The molecular weight excluding hydrogens is 478 g/mol. The van der Waals surface area contributed by atoms with E-state index in [0.717, 1.165) is 40.7 Å². The number of nitrogens with zero attached hydrogens (tertiary/aromatic N) is 7. The molecule has 0 atom stereocenters. The van der Waals surface area contributed by atoms with Crippen molar-refractivity contribution in [2.24, 2.45) is 0 Å². The molecule has 1 aliphatic heterocycles. The Bertz CT molecular complexity index is 1220. The summed E-state index contributed by atoms with van der Waals surface area (Å²) in [4.78, 5) is 23.2. The third-order valence-electron chi connectivity index (χ3n) is 6.38. The second-order valence-electron chi connectivity index (χ2n) is 10.3. The van der Waals surface area contributed by atoms with Gasteiger partial charge in [0.1, 0.15) is 24.2 Å². The number of carbonyl (C=O) groups is 1. The molecule has 11 heteroatoms. The van der Waals surface area contributed by atoms with Crippen LogP contribution in [0, 0.1) is 11.3 Å². The van der Waals surface area contributed by atoms with Crippen molar-refractivity contribution in [3.8, 4) is 17.3 Å². The fourth-order valence-corrected chi connectivity index (χ4v) is 5.39. The number of aromatic nitrogens is 5. The molecule has 186 valence electrons. The number of thioether (sulfide) groups is 1. The summed E-state index contributed by atoms with van der Waals surface area (Å²) >= 11 is 1.66. The number of nitriles is 1. The molecule has 1 fully saturated rings. The standard InChI is InChI=1S/C24H33N7O2SSi/c1-34-11-6-21(32)30-15-24(16-30,7-8-25)31-14-19(13-28-31)22-20-5-9-29(23(20)27-17-26-22)18-33-10-12-35(2,3)4/h5,9,13-14,17H,6-7,10-12,15-16,18H2,1-4H3. The van der Waals surface area contributed by atoms with Gasteiger partial charge in [-0.2, -0.15) is 22.1 Å². The average molecular weight is 512 g/mol. The normalized spacial score (nSPS) is 15.2. The summed E-state index contributed by atoms with van der Waals surface area (Å²) in [7, 11) is -1.13. The molecule has 9 nitrogen and oxygen atoms in total. The van der Waals surface area contributed by atoms with E-state index in [-0.39, 0.29) is 5.91 Å². The van der Waals surface area contributed by atoms with Crippen LogP contribution >= 0.6 is 11.8 Å². The molecule has 0 spiro atoms. The quantitative estimate of drug-likeness (QED) is 0.285. The summed E-state index contributed by atoms with van der Waals surface area (Å²) < 4.78 is 9.75. The Balaban J connectivity index is 1.50. The second kappa shape index (κ2) is 10.5. The summed E-state index contributed by atoms with van der Waals surface area (Å²) in [5.74, 6) is 0.936. The van der Waals surface area contributed by atoms with E-state index in [1.807, 2.05) is 38.9 Å². The number of ether oxygens (including phenoxy) is 1. The zero-order valence-electron chi connectivity index (χ0n) is 20.9. The van der Waals surface area contributed by atoms with Gasteiger partial charge in [0.25, 0.3) is 0 Å². The maximum absolute atomic E-state index is 12.4. The van der Waals surface area contributed by atoms with Crippen molar-refractivity contribution in [3.05, 3.63) is 31.0 Å². The number of amides is 1. The summed E-state index contributed by atoms with van der Waals surface area (Å²) in [5.41, 5.74) is 1.97. The lowest BCUT2D eigenvalue weighted by atomic mass is 9.86. The van der Waals surface area contributed by atoms with Crippen molar-refractivity contribution < 1.29 is 9.53 Å². The lowest BCUT2D eigenvalue weighted by Gasteiger charge is -2.49. The van der Waals surface area contributed by atoms with Gasteiger partial charge in [-0.05, 0) is 18.4 Å². The lowest BCUT2D eigenvalue weighted by Crippen LogP contribution is -2.64. The molecule has 0 radical (unpaired) electrons. The largest absolute Gasteiger partial charge is 0.361 e. The predicted molar refractivity (Wildman–Crippen MR) is 141 cm³/mol. The van der Waals surface area contributed by atoms with Crippen molar-refractivity contribution >= 4 is 36.8 Å². The Hall–Kier alpha value is -2.68. The first-order valence-corrected chi connectivity index (χ1v) is 16.9. The monoisotopic (exact) mass is 511 g/mol. The Kier molecular flexibility index (Phi) is 7.64. The van der Waals surface area contributed by atoms with Gasteiger partial charge in [-0.3, -0.25) is 9.48 Å². The van der Waals surface area contributed by atoms with Gasteiger partial charge < -0.3 is 14.2 Å². The molecule has 0 aliphatic carbocycles. The minimum absolute atomic E-state index is 0.131. The van der Waals surface area contributed by atoms with Crippen LogP contribution in [-0.4, -0.2) is 74.9 Å². The molecule has 0 bridgehead atoms. The molecule has 0 unspecified atom stereocenters. The van der Waals surface area contributed by atoms with Crippen LogP contribution in [0.1, 0.15) is 12.8 Å². The number of rotatable bonds is 11.